The second-order valence-electron chi connectivity index (χ2n) is 8.76. The zero-order valence-electron chi connectivity index (χ0n) is 15.9. The largest absolute Gasteiger partial charge is 0.492 e. The minimum absolute atomic E-state index is 0.00434. The van der Waals surface area contributed by atoms with Gasteiger partial charge in [-0.05, 0) is 54.2 Å². The number of aliphatic imine (C=N–C) groups is 1. The van der Waals surface area contributed by atoms with Crippen molar-refractivity contribution in [3.05, 3.63) is 29.6 Å². The van der Waals surface area contributed by atoms with E-state index in [0.29, 0.717) is 34.8 Å². The highest BCUT2D eigenvalue weighted by Gasteiger charge is 2.56. The van der Waals surface area contributed by atoms with Crippen LogP contribution in [0.5, 0.6) is 5.88 Å². The molecule has 4 aliphatic rings. The Morgan fingerprint density at radius 1 is 1.33 bits per heavy atom. The Balaban J connectivity index is 1.36. The number of nitrogens with one attached hydrogen (secondary N) is 2. The number of hydrogen-bond acceptors (Lipinski definition) is 5. The third-order valence-electron chi connectivity index (χ3n) is 7.11. The molecule has 0 radical (unpaired) electrons. The number of anilines is 1. The van der Waals surface area contributed by atoms with Crippen LogP contribution in [0.4, 0.5) is 11.8 Å². The molecule has 1 aliphatic heterocycles. The summed E-state index contributed by atoms with van der Waals surface area (Å²) in [4.78, 5) is 16.1. The van der Waals surface area contributed by atoms with Crippen LogP contribution in [0.15, 0.2) is 23.3 Å². The molecule has 27 heavy (non-hydrogen) atoms. The molecule has 3 saturated carbocycles. The second-order valence-corrected chi connectivity index (χ2v) is 8.76. The van der Waals surface area contributed by atoms with Crippen molar-refractivity contribution in [3.8, 4) is 5.88 Å². The SMILES string of the molecule is C[C@H]1[C@H]2C[C@H](C[C@H]1Nc1nc(O)c(C=C3C=Nc4ncccc43)[nH]1)C2(C)C. The van der Waals surface area contributed by atoms with E-state index >= 15 is 0 Å². The average Bonchev–Trinajstić information content (AvgIpc) is 3.20. The summed E-state index contributed by atoms with van der Waals surface area (Å²) >= 11 is 0. The van der Waals surface area contributed by atoms with Crippen LogP contribution in [0.25, 0.3) is 11.6 Å². The van der Waals surface area contributed by atoms with E-state index in [1.54, 1.807) is 12.4 Å². The fourth-order valence-electron chi connectivity index (χ4n) is 5.26. The maximum atomic E-state index is 10.3. The first kappa shape index (κ1) is 16.5. The van der Waals surface area contributed by atoms with Crippen LogP contribution in [-0.2, 0) is 0 Å². The van der Waals surface area contributed by atoms with Crippen LogP contribution in [-0.4, -0.2) is 32.3 Å². The Kier molecular flexibility index (Phi) is 3.48. The van der Waals surface area contributed by atoms with Gasteiger partial charge in [0.15, 0.2) is 5.82 Å². The third kappa shape index (κ3) is 2.50. The van der Waals surface area contributed by atoms with E-state index in [1.165, 1.54) is 6.42 Å². The number of aromatic nitrogens is 3. The van der Waals surface area contributed by atoms with Crippen LogP contribution >= 0.6 is 0 Å². The van der Waals surface area contributed by atoms with Gasteiger partial charge in [0.25, 0.3) is 0 Å². The molecule has 3 fully saturated rings. The zero-order chi connectivity index (χ0) is 18.8. The zero-order valence-corrected chi connectivity index (χ0v) is 15.9. The molecule has 140 valence electrons. The number of rotatable bonds is 3. The molecule has 2 bridgehead atoms. The average molecular weight is 363 g/mol. The Morgan fingerprint density at radius 3 is 2.96 bits per heavy atom. The lowest BCUT2D eigenvalue weighted by atomic mass is 9.45. The molecule has 6 heteroatoms. The maximum absolute atomic E-state index is 10.3. The quantitative estimate of drug-likeness (QED) is 0.761. The van der Waals surface area contributed by atoms with E-state index in [9.17, 15) is 5.11 Å². The number of aromatic amines is 1. The van der Waals surface area contributed by atoms with Crippen molar-refractivity contribution in [2.24, 2.45) is 28.2 Å². The summed E-state index contributed by atoms with van der Waals surface area (Å²) in [5, 5.41) is 13.8. The van der Waals surface area contributed by atoms with Crippen molar-refractivity contribution >= 4 is 29.6 Å². The van der Waals surface area contributed by atoms with Gasteiger partial charge < -0.3 is 15.4 Å². The molecule has 3 aliphatic carbocycles. The summed E-state index contributed by atoms with van der Waals surface area (Å²) < 4.78 is 0. The van der Waals surface area contributed by atoms with Gasteiger partial charge in [0, 0.05) is 29.6 Å². The van der Waals surface area contributed by atoms with Gasteiger partial charge in [0.05, 0.1) is 0 Å². The fraction of sp³-hybridized carbons (Fsp3) is 0.476. The lowest BCUT2D eigenvalue weighted by Gasteiger charge is -2.62. The van der Waals surface area contributed by atoms with Gasteiger partial charge in [0.1, 0.15) is 5.69 Å². The molecular formula is C21H25N5O. The van der Waals surface area contributed by atoms with Crippen LogP contribution in [0.3, 0.4) is 0 Å². The first-order valence-corrected chi connectivity index (χ1v) is 9.70. The summed E-state index contributed by atoms with van der Waals surface area (Å²) in [6.07, 6.45) is 7.87. The van der Waals surface area contributed by atoms with Crippen molar-refractivity contribution in [2.45, 2.75) is 39.7 Å². The van der Waals surface area contributed by atoms with Crippen molar-refractivity contribution in [1.29, 1.82) is 0 Å². The van der Waals surface area contributed by atoms with Gasteiger partial charge in [-0.3, -0.25) is 0 Å². The highest BCUT2D eigenvalue weighted by Crippen LogP contribution is 2.61. The van der Waals surface area contributed by atoms with Crippen LogP contribution in [0.1, 0.15) is 44.9 Å². The maximum Gasteiger partial charge on any atom is 0.238 e. The van der Waals surface area contributed by atoms with E-state index in [0.717, 1.165) is 29.4 Å². The Hall–Kier alpha value is -2.63. The predicted molar refractivity (Wildman–Crippen MR) is 107 cm³/mol. The predicted octanol–water partition coefficient (Wildman–Crippen LogP) is 4.25. The van der Waals surface area contributed by atoms with Crippen molar-refractivity contribution in [1.82, 2.24) is 15.0 Å². The minimum atomic E-state index is 0.00434. The summed E-state index contributed by atoms with van der Waals surface area (Å²) in [6, 6.07) is 4.26. The fourth-order valence-corrected chi connectivity index (χ4v) is 5.26. The molecule has 0 unspecified atom stereocenters. The second kappa shape index (κ2) is 5.68. The van der Waals surface area contributed by atoms with E-state index in [-0.39, 0.29) is 5.88 Å². The molecule has 0 saturated heterocycles. The number of imidazole rings is 1. The summed E-state index contributed by atoms with van der Waals surface area (Å²) in [7, 11) is 0. The number of fused-ring (bicyclic) bond motifs is 3. The molecular weight excluding hydrogens is 338 g/mol. The first-order valence-electron chi connectivity index (χ1n) is 9.70. The first-order chi connectivity index (χ1) is 12.9. The molecule has 0 spiro atoms. The molecule has 0 amide bonds. The van der Waals surface area contributed by atoms with Gasteiger partial charge in [-0.1, -0.05) is 20.8 Å². The lowest BCUT2D eigenvalue weighted by Crippen LogP contribution is -2.58. The summed E-state index contributed by atoms with van der Waals surface area (Å²) in [6.45, 7) is 7.14. The van der Waals surface area contributed by atoms with Gasteiger partial charge in [-0.2, -0.15) is 4.98 Å². The van der Waals surface area contributed by atoms with E-state index in [4.69, 9.17) is 0 Å². The number of allylic oxidation sites excluding steroid dienone is 1. The molecule has 6 nitrogen and oxygen atoms in total. The standard InChI is InChI=1S/C21H25N5O/c1-11-15-8-13(21(15,2)3)9-16(11)24-20-25-17(19(27)26-20)7-12-10-23-18-14(12)5-4-6-22-18/h4-7,10-11,13,15-16,27H,8-9H2,1-3H3,(H2,24,25,26)/t11-,13+,15+,16+/m0/s1. The Bertz CT molecular complexity index is 957. The van der Waals surface area contributed by atoms with Crippen LogP contribution < -0.4 is 5.32 Å². The highest BCUT2D eigenvalue weighted by atomic mass is 16.3. The van der Waals surface area contributed by atoms with Gasteiger partial charge >= 0.3 is 0 Å². The number of H-pyrrole nitrogens is 1. The number of hydrogen-bond donors (Lipinski definition) is 3. The van der Waals surface area contributed by atoms with Gasteiger partial charge in [-0.25, -0.2) is 9.98 Å². The molecule has 2 aromatic heterocycles. The van der Waals surface area contributed by atoms with E-state index in [2.05, 4.69) is 46.0 Å². The molecule has 3 N–H and O–H groups in total. The van der Waals surface area contributed by atoms with E-state index in [1.807, 2.05) is 18.2 Å². The summed E-state index contributed by atoms with van der Waals surface area (Å²) in [5.74, 6) is 3.48. The normalized spacial score (nSPS) is 31.6. The molecule has 2 aromatic rings. The number of pyridine rings is 1. The van der Waals surface area contributed by atoms with E-state index < -0.39 is 0 Å². The van der Waals surface area contributed by atoms with Crippen LogP contribution in [0, 0.1) is 23.2 Å². The lowest BCUT2D eigenvalue weighted by molar-refractivity contribution is -0.105. The molecule has 3 heterocycles. The topological polar surface area (TPSA) is 86.2 Å². The number of nitrogens with zero attached hydrogens (tertiary/aromatic N) is 3. The smallest absolute Gasteiger partial charge is 0.238 e. The monoisotopic (exact) mass is 363 g/mol. The third-order valence-corrected chi connectivity index (χ3v) is 7.11. The minimum Gasteiger partial charge on any atom is -0.492 e. The molecule has 0 aromatic carbocycles. The van der Waals surface area contributed by atoms with Crippen LogP contribution in [0.2, 0.25) is 0 Å². The van der Waals surface area contributed by atoms with Gasteiger partial charge in [-0.15, -0.1) is 0 Å². The summed E-state index contributed by atoms with van der Waals surface area (Å²) in [5.41, 5.74) is 2.92. The Labute approximate surface area is 158 Å². The van der Waals surface area contributed by atoms with Gasteiger partial charge in [0.2, 0.25) is 11.8 Å². The Morgan fingerprint density at radius 2 is 2.19 bits per heavy atom. The molecule has 6 rings (SSSR count). The van der Waals surface area contributed by atoms with Crippen molar-refractivity contribution in [3.63, 3.8) is 0 Å². The van der Waals surface area contributed by atoms with Crippen molar-refractivity contribution < 1.29 is 5.11 Å². The molecule has 4 atom stereocenters. The number of aromatic hydroxyl groups is 1. The highest BCUT2D eigenvalue weighted by molar-refractivity contribution is 6.20. The van der Waals surface area contributed by atoms with Crippen molar-refractivity contribution in [2.75, 3.05) is 5.32 Å².